The standard InChI is InChI=1S/C32H34FNO3/c1-35-27-12-14-29-24(21-27)8-13-28(25-9-15-31(33)32(22-25)36-2)30(29)20-23-6-10-26(11-7-23)37-19-18-34-16-4-3-5-17-34/h6-15,21-22H,3-5,16-20H2,1-2H3. The van der Waals surface area contributed by atoms with E-state index >= 15 is 0 Å². The van der Waals surface area contributed by atoms with Gasteiger partial charge in [0.15, 0.2) is 11.6 Å². The highest BCUT2D eigenvalue weighted by Crippen LogP contribution is 2.36. The lowest BCUT2D eigenvalue weighted by Gasteiger charge is -2.26. The van der Waals surface area contributed by atoms with Crippen LogP contribution < -0.4 is 14.2 Å². The number of likely N-dealkylation sites (tertiary alicyclic amines) is 1. The Morgan fingerprint density at radius 3 is 2.32 bits per heavy atom. The number of methoxy groups -OCH3 is 2. The van der Waals surface area contributed by atoms with E-state index in [1.54, 1.807) is 13.2 Å². The van der Waals surface area contributed by atoms with Gasteiger partial charge in [0.1, 0.15) is 18.1 Å². The summed E-state index contributed by atoms with van der Waals surface area (Å²) in [6, 6.07) is 23.7. The van der Waals surface area contributed by atoms with Gasteiger partial charge in [-0.2, -0.15) is 0 Å². The van der Waals surface area contributed by atoms with Crippen molar-refractivity contribution in [2.45, 2.75) is 25.7 Å². The zero-order valence-corrected chi connectivity index (χ0v) is 21.6. The zero-order valence-electron chi connectivity index (χ0n) is 21.6. The SMILES string of the molecule is COc1ccc2c(Cc3ccc(OCCN4CCCCC4)cc3)c(-c3ccc(F)c(OC)c3)ccc2c1. The average Bonchev–Trinajstić information content (AvgIpc) is 2.95. The van der Waals surface area contributed by atoms with E-state index in [1.165, 1.54) is 56.7 Å². The lowest BCUT2D eigenvalue weighted by atomic mass is 9.90. The number of ether oxygens (including phenoxy) is 3. The molecule has 4 aromatic carbocycles. The number of rotatable bonds is 9. The Bertz CT molecular complexity index is 1350. The maximum absolute atomic E-state index is 14.1. The summed E-state index contributed by atoms with van der Waals surface area (Å²) in [4.78, 5) is 2.49. The molecule has 1 heterocycles. The van der Waals surface area contributed by atoms with Crippen molar-refractivity contribution < 1.29 is 18.6 Å². The number of piperidine rings is 1. The largest absolute Gasteiger partial charge is 0.497 e. The van der Waals surface area contributed by atoms with E-state index in [1.807, 2.05) is 18.2 Å². The maximum Gasteiger partial charge on any atom is 0.165 e. The van der Waals surface area contributed by atoms with Gasteiger partial charge in [-0.3, -0.25) is 4.90 Å². The van der Waals surface area contributed by atoms with Crippen molar-refractivity contribution in [3.05, 3.63) is 89.7 Å². The smallest absolute Gasteiger partial charge is 0.165 e. The molecule has 0 amide bonds. The highest BCUT2D eigenvalue weighted by molar-refractivity contribution is 5.93. The van der Waals surface area contributed by atoms with Crippen LogP contribution in [0, 0.1) is 5.82 Å². The molecule has 1 fully saturated rings. The van der Waals surface area contributed by atoms with Gasteiger partial charge in [-0.15, -0.1) is 0 Å². The predicted octanol–water partition coefficient (Wildman–Crippen LogP) is 7.12. The molecule has 0 radical (unpaired) electrons. The fourth-order valence-electron chi connectivity index (χ4n) is 5.17. The Labute approximate surface area is 218 Å². The normalized spacial score (nSPS) is 14.0. The lowest BCUT2D eigenvalue weighted by Crippen LogP contribution is -2.33. The monoisotopic (exact) mass is 499 g/mol. The summed E-state index contributed by atoms with van der Waals surface area (Å²) in [5.74, 6) is 1.59. The molecule has 0 aliphatic carbocycles. The summed E-state index contributed by atoms with van der Waals surface area (Å²) in [6.45, 7) is 4.05. The van der Waals surface area contributed by atoms with Crippen LogP contribution in [0.15, 0.2) is 72.8 Å². The second kappa shape index (κ2) is 11.7. The molecule has 0 aromatic heterocycles. The number of benzene rings is 4. The van der Waals surface area contributed by atoms with Crippen LogP contribution in [0.5, 0.6) is 17.2 Å². The number of hydrogen-bond acceptors (Lipinski definition) is 4. The molecular formula is C32H34FNO3. The number of fused-ring (bicyclic) bond motifs is 1. The fourth-order valence-corrected chi connectivity index (χ4v) is 5.17. The Balaban J connectivity index is 1.41. The van der Waals surface area contributed by atoms with Gasteiger partial charge in [-0.1, -0.05) is 42.8 Å². The van der Waals surface area contributed by atoms with E-state index in [0.717, 1.165) is 46.4 Å². The molecule has 1 saturated heterocycles. The molecule has 0 spiro atoms. The minimum Gasteiger partial charge on any atom is -0.497 e. The first-order valence-electron chi connectivity index (χ1n) is 13.0. The van der Waals surface area contributed by atoms with Crippen LogP contribution in [-0.4, -0.2) is 45.4 Å². The van der Waals surface area contributed by atoms with Crippen LogP contribution in [0.25, 0.3) is 21.9 Å². The second-order valence-corrected chi connectivity index (χ2v) is 9.60. The van der Waals surface area contributed by atoms with E-state index in [-0.39, 0.29) is 11.6 Å². The minimum absolute atomic E-state index is 0.240. The predicted molar refractivity (Wildman–Crippen MR) is 147 cm³/mol. The van der Waals surface area contributed by atoms with Crippen LogP contribution >= 0.6 is 0 Å². The summed E-state index contributed by atoms with van der Waals surface area (Å²) in [7, 11) is 3.17. The van der Waals surface area contributed by atoms with Crippen molar-refractivity contribution in [2.75, 3.05) is 40.5 Å². The summed E-state index contributed by atoms with van der Waals surface area (Å²) in [5.41, 5.74) is 4.33. The van der Waals surface area contributed by atoms with E-state index in [0.29, 0.717) is 6.61 Å². The third-order valence-electron chi connectivity index (χ3n) is 7.23. The molecular weight excluding hydrogens is 465 g/mol. The van der Waals surface area contributed by atoms with Crippen LogP contribution in [0.3, 0.4) is 0 Å². The van der Waals surface area contributed by atoms with E-state index < -0.39 is 0 Å². The molecule has 4 nitrogen and oxygen atoms in total. The molecule has 192 valence electrons. The maximum atomic E-state index is 14.1. The minimum atomic E-state index is -0.366. The molecule has 1 aliphatic rings. The Morgan fingerprint density at radius 1 is 0.784 bits per heavy atom. The summed E-state index contributed by atoms with van der Waals surface area (Å²) >= 11 is 0. The van der Waals surface area contributed by atoms with Gasteiger partial charge in [0.25, 0.3) is 0 Å². The molecule has 0 saturated carbocycles. The van der Waals surface area contributed by atoms with Crippen LogP contribution in [0.4, 0.5) is 4.39 Å². The first-order chi connectivity index (χ1) is 18.1. The molecule has 0 N–H and O–H groups in total. The third-order valence-corrected chi connectivity index (χ3v) is 7.23. The van der Waals surface area contributed by atoms with Gasteiger partial charge >= 0.3 is 0 Å². The van der Waals surface area contributed by atoms with Crippen molar-refractivity contribution >= 4 is 10.8 Å². The van der Waals surface area contributed by atoms with Gasteiger partial charge in [0.2, 0.25) is 0 Å². The first-order valence-corrected chi connectivity index (χ1v) is 13.0. The molecule has 1 aliphatic heterocycles. The van der Waals surface area contributed by atoms with Crippen molar-refractivity contribution in [1.29, 1.82) is 0 Å². The van der Waals surface area contributed by atoms with Crippen molar-refractivity contribution in [2.24, 2.45) is 0 Å². The fraction of sp³-hybridized carbons (Fsp3) is 0.312. The molecule has 37 heavy (non-hydrogen) atoms. The topological polar surface area (TPSA) is 30.9 Å². The Morgan fingerprint density at radius 2 is 1.57 bits per heavy atom. The summed E-state index contributed by atoms with van der Waals surface area (Å²) in [6.07, 6.45) is 4.66. The van der Waals surface area contributed by atoms with Crippen molar-refractivity contribution in [3.63, 3.8) is 0 Å². The summed E-state index contributed by atoms with van der Waals surface area (Å²) in [5, 5.41) is 2.24. The van der Waals surface area contributed by atoms with Gasteiger partial charge < -0.3 is 14.2 Å². The van der Waals surface area contributed by atoms with Gasteiger partial charge in [-0.25, -0.2) is 4.39 Å². The molecule has 4 aromatic rings. The van der Waals surface area contributed by atoms with Crippen LogP contribution in [-0.2, 0) is 6.42 Å². The van der Waals surface area contributed by atoms with Crippen molar-refractivity contribution in [3.8, 4) is 28.4 Å². The molecule has 0 atom stereocenters. The van der Waals surface area contributed by atoms with Crippen molar-refractivity contribution in [1.82, 2.24) is 4.90 Å². The number of nitrogens with zero attached hydrogens (tertiary/aromatic N) is 1. The van der Waals surface area contributed by atoms with E-state index in [4.69, 9.17) is 14.2 Å². The van der Waals surface area contributed by atoms with Gasteiger partial charge in [0.05, 0.1) is 14.2 Å². The molecule has 0 bridgehead atoms. The summed E-state index contributed by atoms with van der Waals surface area (Å²) < 4.78 is 30.9. The lowest BCUT2D eigenvalue weighted by molar-refractivity contribution is 0.183. The van der Waals surface area contributed by atoms with Crippen LogP contribution in [0.2, 0.25) is 0 Å². The highest BCUT2D eigenvalue weighted by atomic mass is 19.1. The molecule has 0 unspecified atom stereocenters. The third kappa shape index (κ3) is 5.89. The molecule has 5 rings (SSSR count). The van der Waals surface area contributed by atoms with E-state index in [9.17, 15) is 4.39 Å². The van der Waals surface area contributed by atoms with Crippen LogP contribution in [0.1, 0.15) is 30.4 Å². The second-order valence-electron chi connectivity index (χ2n) is 9.60. The van der Waals surface area contributed by atoms with Gasteiger partial charge in [-0.05, 0) is 102 Å². The number of hydrogen-bond donors (Lipinski definition) is 0. The zero-order chi connectivity index (χ0) is 25.6. The quantitative estimate of drug-likeness (QED) is 0.245. The van der Waals surface area contributed by atoms with E-state index in [2.05, 4.69) is 47.4 Å². The highest BCUT2D eigenvalue weighted by Gasteiger charge is 2.14. The van der Waals surface area contributed by atoms with Gasteiger partial charge in [0, 0.05) is 6.54 Å². The Kier molecular flexibility index (Phi) is 7.90. The first kappa shape index (κ1) is 25.1. The molecule has 5 heteroatoms. The average molecular weight is 500 g/mol. The Hall–Kier alpha value is -3.57. The number of halogens is 1.